The van der Waals surface area contributed by atoms with E-state index in [2.05, 4.69) is 5.32 Å². The molecule has 124 valence electrons. The van der Waals surface area contributed by atoms with Gasteiger partial charge in [0.05, 0.1) is 5.56 Å². The molecule has 1 fully saturated rings. The molecular formula is C17H22N2O4. The Morgan fingerprint density at radius 3 is 2.52 bits per heavy atom. The van der Waals surface area contributed by atoms with E-state index in [9.17, 15) is 14.4 Å². The van der Waals surface area contributed by atoms with Crippen LogP contribution in [0.1, 0.15) is 43.5 Å². The zero-order chi connectivity index (χ0) is 16.8. The lowest BCUT2D eigenvalue weighted by Crippen LogP contribution is -2.44. The van der Waals surface area contributed by atoms with Crippen molar-refractivity contribution in [3.63, 3.8) is 0 Å². The lowest BCUT2D eigenvalue weighted by atomic mass is 10.0. The lowest BCUT2D eigenvalue weighted by Gasteiger charge is -2.33. The van der Waals surface area contributed by atoms with Crippen molar-refractivity contribution < 1.29 is 19.1 Å². The second-order valence-corrected chi connectivity index (χ2v) is 5.77. The number of ether oxygens (including phenoxy) is 1. The number of carbonyl (C=O) groups is 3. The fourth-order valence-corrected chi connectivity index (χ4v) is 2.66. The molecule has 0 unspecified atom stereocenters. The van der Waals surface area contributed by atoms with Crippen LogP contribution in [0.25, 0.3) is 0 Å². The van der Waals surface area contributed by atoms with Crippen LogP contribution in [0.2, 0.25) is 0 Å². The fraction of sp³-hybridized carbons (Fsp3) is 0.471. The Morgan fingerprint density at radius 1 is 1.22 bits per heavy atom. The summed E-state index contributed by atoms with van der Waals surface area (Å²) < 4.78 is 5.09. The van der Waals surface area contributed by atoms with Crippen molar-refractivity contribution in [3.8, 4) is 0 Å². The third-order valence-electron chi connectivity index (χ3n) is 3.89. The molecule has 0 aliphatic carbocycles. The first-order valence-corrected chi connectivity index (χ1v) is 7.81. The third kappa shape index (κ3) is 4.81. The minimum atomic E-state index is -0.544. The molecular weight excluding hydrogens is 296 g/mol. The van der Waals surface area contributed by atoms with Crippen LogP contribution < -0.4 is 5.32 Å². The fourth-order valence-electron chi connectivity index (χ4n) is 2.66. The van der Waals surface area contributed by atoms with Crippen molar-refractivity contribution in [1.82, 2.24) is 4.90 Å². The topological polar surface area (TPSA) is 75.7 Å². The van der Waals surface area contributed by atoms with Crippen LogP contribution in [-0.4, -0.2) is 41.9 Å². The van der Waals surface area contributed by atoms with Gasteiger partial charge in [-0.15, -0.1) is 0 Å². The van der Waals surface area contributed by atoms with Gasteiger partial charge in [0.15, 0.2) is 6.61 Å². The summed E-state index contributed by atoms with van der Waals surface area (Å²) in [5, 5.41) is 2.62. The molecule has 1 aliphatic heterocycles. The molecule has 6 heteroatoms. The molecule has 1 aromatic carbocycles. The highest BCUT2D eigenvalue weighted by atomic mass is 16.5. The van der Waals surface area contributed by atoms with Gasteiger partial charge in [0.25, 0.3) is 5.91 Å². The van der Waals surface area contributed by atoms with Crippen LogP contribution >= 0.6 is 0 Å². The number of esters is 1. The highest BCUT2D eigenvalue weighted by Gasteiger charge is 2.24. The number of nitrogens with zero attached hydrogens (tertiary/aromatic N) is 1. The minimum Gasteiger partial charge on any atom is -0.452 e. The smallest absolute Gasteiger partial charge is 0.338 e. The van der Waals surface area contributed by atoms with Gasteiger partial charge < -0.3 is 15.0 Å². The quantitative estimate of drug-likeness (QED) is 0.864. The molecule has 23 heavy (non-hydrogen) atoms. The van der Waals surface area contributed by atoms with E-state index < -0.39 is 5.97 Å². The highest BCUT2D eigenvalue weighted by Crippen LogP contribution is 2.16. The van der Waals surface area contributed by atoms with Crippen molar-refractivity contribution in [2.24, 2.45) is 0 Å². The summed E-state index contributed by atoms with van der Waals surface area (Å²) in [4.78, 5) is 36.8. The molecule has 6 nitrogen and oxygen atoms in total. The molecule has 0 bridgehead atoms. The van der Waals surface area contributed by atoms with E-state index >= 15 is 0 Å². The van der Waals surface area contributed by atoms with Gasteiger partial charge >= 0.3 is 5.97 Å². The van der Waals surface area contributed by atoms with E-state index in [1.165, 1.54) is 6.92 Å². The summed E-state index contributed by atoms with van der Waals surface area (Å²) in [6.07, 6.45) is 3.12. The summed E-state index contributed by atoms with van der Waals surface area (Å²) in [6.45, 7) is 3.91. The summed E-state index contributed by atoms with van der Waals surface area (Å²) in [5.74, 6) is -0.876. The number of piperidine rings is 1. The van der Waals surface area contributed by atoms with E-state index in [0.717, 1.165) is 25.8 Å². The van der Waals surface area contributed by atoms with E-state index in [1.54, 1.807) is 29.2 Å². The summed E-state index contributed by atoms with van der Waals surface area (Å²) >= 11 is 0. The number of hydrogen-bond donors (Lipinski definition) is 1. The molecule has 1 atom stereocenters. The maximum atomic E-state index is 12.1. The van der Waals surface area contributed by atoms with E-state index in [0.29, 0.717) is 11.3 Å². The minimum absolute atomic E-state index is 0.152. The van der Waals surface area contributed by atoms with Gasteiger partial charge in [0, 0.05) is 25.2 Å². The van der Waals surface area contributed by atoms with Crippen molar-refractivity contribution in [3.05, 3.63) is 29.8 Å². The molecule has 2 rings (SSSR count). The van der Waals surface area contributed by atoms with Crippen LogP contribution in [0.4, 0.5) is 5.69 Å². The van der Waals surface area contributed by atoms with E-state index in [1.807, 2.05) is 6.92 Å². The predicted molar refractivity (Wildman–Crippen MR) is 86.1 cm³/mol. The average Bonchev–Trinajstić information content (AvgIpc) is 2.53. The first-order valence-electron chi connectivity index (χ1n) is 7.81. The van der Waals surface area contributed by atoms with Crippen LogP contribution in [-0.2, 0) is 14.3 Å². The first-order chi connectivity index (χ1) is 11.0. The largest absolute Gasteiger partial charge is 0.452 e. The lowest BCUT2D eigenvalue weighted by molar-refractivity contribution is -0.137. The third-order valence-corrected chi connectivity index (χ3v) is 3.89. The Morgan fingerprint density at radius 2 is 1.91 bits per heavy atom. The molecule has 1 aliphatic rings. The normalized spacial score (nSPS) is 17.5. The van der Waals surface area contributed by atoms with Gasteiger partial charge in [-0.1, -0.05) is 0 Å². The molecule has 0 spiro atoms. The van der Waals surface area contributed by atoms with Crippen LogP contribution in [0.5, 0.6) is 0 Å². The van der Waals surface area contributed by atoms with Gasteiger partial charge in [-0.05, 0) is 50.5 Å². The molecule has 0 aromatic heterocycles. The average molecular weight is 318 g/mol. The zero-order valence-corrected chi connectivity index (χ0v) is 13.5. The number of likely N-dealkylation sites (tertiary alicyclic amines) is 1. The molecule has 1 N–H and O–H groups in total. The second kappa shape index (κ2) is 7.76. The summed E-state index contributed by atoms with van der Waals surface area (Å²) in [6, 6.07) is 6.55. The number of rotatable bonds is 4. The Balaban J connectivity index is 1.86. The SMILES string of the molecule is CC(=O)Nc1ccc(C(=O)OCC(=O)N2CCCC[C@@H]2C)cc1. The number of benzene rings is 1. The molecule has 0 saturated carbocycles. The number of amides is 2. The maximum absolute atomic E-state index is 12.1. The summed E-state index contributed by atoms with van der Waals surface area (Å²) in [5.41, 5.74) is 0.950. The Labute approximate surface area is 135 Å². The first kappa shape index (κ1) is 17.0. The monoisotopic (exact) mass is 318 g/mol. The van der Waals surface area contributed by atoms with Gasteiger partial charge in [0.1, 0.15) is 0 Å². The number of anilines is 1. The highest BCUT2D eigenvalue weighted by molar-refractivity contribution is 5.93. The van der Waals surface area contributed by atoms with Crippen molar-refractivity contribution in [2.75, 3.05) is 18.5 Å². The van der Waals surface area contributed by atoms with Gasteiger partial charge in [0.2, 0.25) is 5.91 Å². The van der Waals surface area contributed by atoms with E-state index in [4.69, 9.17) is 4.74 Å². The molecule has 2 amide bonds. The number of nitrogens with one attached hydrogen (secondary N) is 1. The molecule has 1 saturated heterocycles. The number of hydrogen-bond acceptors (Lipinski definition) is 4. The Bertz CT molecular complexity index is 583. The summed E-state index contributed by atoms with van der Waals surface area (Å²) in [7, 11) is 0. The zero-order valence-electron chi connectivity index (χ0n) is 13.5. The van der Waals surface area contributed by atoms with E-state index in [-0.39, 0.29) is 24.5 Å². The van der Waals surface area contributed by atoms with Gasteiger partial charge in [-0.2, -0.15) is 0 Å². The van der Waals surface area contributed by atoms with Crippen molar-refractivity contribution in [2.45, 2.75) is 39.2 Å². The van der Waals surface area contributed by atoms with Crippen LogP contribution in [0.3, 0.4) is 0 Å². The maximum Gasteiger partial charge on any atom is 0.338 e. The molecule has 0 radical (unpaired) electrons. The molecule has 1 aromatic rings. The van der Waals surface area contributed by atoms with Crippen LogP contribution in [0, 0.1) is 0 Å². The Hall–Kier alpha value is -2.37. The van der Waals surface area contributed by atoms with Crippen molar-refractivity contribution >= 4 is 23.5 Å². The van der Waals surface area contributed by atoms with Crippen LogP contribution in [0.15, 0.2) is 24.3 Å². The standard InChI is InChI=1S/C17H22N2O4/c1-12-5-3-4-10-19(12)16(21)11-23-17(22)14-6-8-15(9-7-14)18-13(2)20/h6-9,12H,3-5,10-11H2,1-2H3,(H,18,20)/t12-/m0/s1. The Kier molecular flexibility index (Phi) is 5.73. The molecule has 1 heterocycles. The predicted octanol–water partition coefficient (Wildman–Crippen LogP) is 2.20. The second-order valence-electron chi connectivity index (χ2n) is 5.77. The van der Waals surface area contributed by atoms with Gasteiger partial charge in [-0.3, -0.25) is 9.59 Å². The van der Waals surface area contributed by atoms with Gasteiger partial charge in [-0.25, -0.2) is 4.79 Å². The van der Waals surface area contributed by atoms with Crippen molar-refractivity contribution in [1.29, 1.82) is 0 Å². The number of carbonyl (C=O) groups excluding carboxylic acids is 3.